The molecule has 0 aliphatic carbocycles. The Balaban J connectivity index is 2.76. The first kappa shape index (κ1) is 13.0. The second-order valence-electron chi connectivity index (χ2n) is 4.55. The van der Waals surface area contributed by atoms with Crippen LogP contribution in [0.1, 0.15) is 31.9 Å². The molecule has 1 atom stereocenters. The third-order valence-electron chi connectivity index (χ3n) is 2.61. The average Bonchev–Trinajstić information content (AvgIpc) is 2.17. The topological polar surface area (TPSA) is 63.3 Å². The third kappa shape index (κ3) is 3.22. The molecular weight excluding hydrogens is 226 g/mol. The summed E-state index contributed by atoms with van der Waals surface area (Å²) in [4.78, 5) is 11.0. The summed E-state index contributed by atoms with van der Waals surface area (Å²) in [6.07, 6.45) is 0.393. The molecule has 0 saturated carbocycles. The summed E-state index contributed by atoms with van der Waals surface area (Å²) in [6.45, 7) is 3.34. The fourth-order valence-electron chi connectivity index (χ4n) is 1.46. The number of nitrogens with two attached hydrogens (primary N) is 1. The maximum atomic E-state index is 11.0. The molecule has 0 fully saturated rings. The lowest BCUT2D eigenvalue weighted by Crippen LogP contribution is -2.28. The second-order valence-corrected chi connectivity index (χ2v) is 4.99. The van der Waals surface area contributed by atoms with Crippen molar-refractivity contribution in [1.29, 1.82) is 0 Å². The quantitative estimate of drug-likeness (QED) is 0.852. The highest BCUT2D eigenvalue weighted by Crippen LogP contribution is 2.29. The first-order chi connectivity index (χ1) is 7.33. The molecule has 0 amide bonds. The summed E-state index contributed by atoms with van der Waals surface area (Å²) in [6, 6.07) is 6.87. The summed E-state index contributed by atoms with van der Waals surface area (Å²) in [5.74, 6) is -0.836. The molecular formula is C12H16ClNO2. The molecule has 1 aromatic rings. The molecule has 1 aromatic carbocycles. The first-order valence-corrected chi connectivity index (χ1v) is 5.45. The van der Waals surface area contributed by atoms with E-state index in [1.165, 1.54) is 0 Å². The van der Waals surface area contributed by atoms with Crippen molar-refractivity contribution < 1.29 is 9.90 Å². The van der Waals surface area contributed by atoms with Crippen molar-refractivity contribution in [3.63, 3.8) is 0 Å². The SMILES string of the molecule is CC(C)(CC(N)c1ccc(Cl)cc1)C(=O)O. The van der Waals surface area contributed by atoms with Gasteiger partial charge >= 0.3 is 5.97 Å². The van der Waals surface area contributed by atoms with Crippen LogP contribution in [0.25, 0.3) is 0 Å². The van der Waals surface area contributed by atoms with E-state index in [1.807, 2.05) is 12.1 Å². The standard InChI is InChI=1S/C12H16ClNO2/c1-12(2,11(15)16)7-10(14)8-3-5-9(13)6-4-8/h3-6,10H,7,14H2,1-2H3,(H,15,16). The molecule has 0 saturated heterocycles. The minimum atomic E-state index is -0.836. The van der Waals surface area contributed by atoms with Crippen LogP contribution >= 0.6 is 11.6 Å². The van der Waals surface area contributed by atoms with E-state index in [9.17, 15) is 4.79 Å². The molecule has 1 unspecified atom stereocenters. The molecule has 16 heavy (non-hydrogen) atoms. The minimum absolute atomic E-state index is 0.289. The van der Waals surface area contributed by atoms with Crippen molar-refractivity contribution in [2.24, 2.45) is 11.1 Å². The van der Waals surface area contributed by atoms with Gasteiger partial charge in [0, 0.05) is 11.1 Å². The number of rotatable bonds is 4. The summed E-state index contributed by atoms with van der Waals surface area (Å²) in [7, 11) is 0. The Morgan fingerprint density at radius 3 is 2.38 bits per heavy atom. The largest absolute Gasteiger partial charge is 0.481 e. The van der Waals surface area contributed by atoms with E-state index in [-0.39, 0.29) is 6.04 Å². The molecule has 0 radical (unpaired) electrons. The van der Waals surface area contributed by atoms with Gasteiger partial charge in [0.25, 0.3) is 0 Å². The lowest BCUT2D eigenvalue weighted by atomic mass is 9.84. The van der Waals surface area contributed by atoms with Gasteiger partial charge in [-0.3, -0.25) is 4.79 Å². The number of carboxylic acid groups (broad SMARTS) is 1. The predicted octanol–water partition coefficient (Wildman–Crippen LogP) is 2.84. The molecule has 4 heteroatoms. The Morgan fingerprint density at radius 1 is 1.44 bits per heavy atom. The molecule has 0 bridgehead atoms. The number of carbonyl (C=O) groups is 1. The predicted molar refractivity (Wildman–Crippen MR) is 64.4 cm³/mol. The van der Waals surface area contributed by atoms with Gasteiger partial charge in [-0.2, -0.15) is 0 Å². The van der Waals surface area contributed by atoms with Crippen LogP contribution in [0, 0.1) is 5.41 Å². The van der Waals surface area contributed by atoms with Crippen LogP contribution in [0.15, 0.2) is 24.3 Å². The highest BCUT2D eigenvalue weighted by molar-refractivity contribution is 6.30. The van der Waals surface area contributed by atoms with E-state index in [0.717, 1.165) is 5.56 Å². The van der Waals surface area contributed by atoms with Crippen LogP contribution in [-0.2, 0) is 4.79 Å². The van der Waals surface area contributed by atoms with Gasteiger partial charge in [0.1, 0.15) is 0 Å². The van der Waals surface area contributed by atoms with Crippen LogP contribution in [-0.4, -0.2) is 11.1 Å². The van der Waals surface area contributed by atoms with E-state index < -0.39 is 11.4 Å². The Bertz CT molecular complexity index is 373. The highest BCUT2D eigenvalue weighted by Gasteiger charge is 2.29. The second kappa shape index (κ2) is 4.85. The zero-order valence-corrected chi connectivity index (χ0v) is 10.2. The number of aliphatic carboxylic acids is 1. The first-order valence-electron chi connectivity index (χ1n) is 5.07. The maximum absolute atomic E-state index is 11.0. The number of halogens is 1. The normalized spacial score (nSPS) is 13.5. The van der Waals surface area contributed by atoms with Gasteiger partial charge in [-0.05, 0) is 38.0 Å². The molecule has 0 aliphatic rings. The molecule has 88 valence electrons. The smallest absolute Gasteiger partial charge is 0.309 e. The van der Waals surface area contributed by atoms with Crippen molar-refractivity contribution in [1.82, 2.24) is 0 Å². The van der Waals surface area contributed by atoms with Gasteiger partial charge in [0.05, 0.1) is 5.41 Å². The van der Waals surface area contributed by atoms with Crippen molar-refractivity contribution >= 4 is 17.6 Å². The van der Waals surface area contributed by atoms with E-state index in [2.05, 4.69) is 0 Å². The summed E-state index contributed by atoms with van der Waals surface area (Å²) < 4.78 is 0. The molecule has 3 nitrogen and oxygen atoms in total. The molecule has 3 N–H and O–H groups in total. The van der Waals surface area contributed by atoms with Gasteiger partial charge in [0.15, 0.2) is 0 Å². The fourth-order valence-corrected chi connectivity index (χ4v) is 1.59. The Morgan fingerprint density at radius 2 is 1.94 bits per heavy atom. The van der Waals surface area contributed by atoms with Crippen LogP contribution < -0.4 is 5.73 Å². The van der Waals surface area contributed by atoms with E-state index in [1.54, 1.807) is 26.0 Å². The van der Waals surface area contributed by atoms with Crippen LogP contribution in [0.5, 0.6) is 0 Å². The number of carboxylic acids is 1. The lowest BCUT2D eigenvalue weighted by Gasteiger charge is -2.23. The van der Waals surface area contributed by atoms with Gasteiger partial charge in [-0.25, -0.2) is 0 Å². The van der Waals surface area contributed by atoms with Crippen LogP contribution in [0.4, 0.5) is 0 Å². The van der Waals surface area contributed by atoms with Gasteiger partial charge in [0.2, 0.25) is 0 Å². The van der Waals surface area contributed by atoms with Crippen molar-refractivity contribution in [3.05, 3.63) is 34.9 Å². The number of hydrogen-bond acceptors (Lipinski definition) is 2. The van der Waals surface area contributed by atoms with Crippen LogP contribution in [0.2, 0.25) is 5.02 Å². The molecule has 0 spiro atoms. The minimum Gasteiger partial charge on any atom is -0.481 e. The molecule has 0 heterocycles. The Labute approximate surface area is 100 Å². The van der Waals surface area contributed by atoms with Crippen LogP contribution in [0.3, 0.4) is 0 Å². The monoisotopic (exact) mass is 241 g/mol. The zero-order chi connectivity index (χ0) is 12.3. The zero-order valence-electron chi connectivity index (χ0n) is 9.40. The van der Waals surface area contributed by atoms with E-state index in [4.69, 9.17) is 22.4 Å². The van der Waals surface area contributed by atoms with Crippen molar-refractivity contribution in [2.75, 3.05) is 0 Å². The Kier molecular flexibility index (Phi) is 3.94. The third-order valence-corrected chi connectivity index (χ3v) is 2.86. The average molecular weight is 242 g/mol. The fraction of sp³-hybridized carbons (Fsp3) is 0.417. The maximum Gasteiger partial charge on any atom is 0.309 e. The molecule has 0 aromatic heterocycles. The van der Waals surface area contributed by atoms with Gasteiger partial charge in [-0.1, -0.05) is 23.7 Å². The number of benzene rings is 1. The summed E-state index contributed by atoms with van der Waals surface area (Å²) in [5, 5.41) is 9.65. The highest BCUT2D eigenvalue weighted by atomic mass is 35.5. The molecule has 1 rings (SSSR count). The lowest BCUT2D eigenvalue weighted by molar-refractivity contribution is -0.147. The van der Waals surface area contributed by atoms with E-state index >= 15 is 0 Å². The summed E-state index contributed by atoms with van der Waals surface area (Å²) in [5.41, 5.74) is 6.04. The summed E-state index contributed by atoms with van der Waals surface area (Å²) >= 11 is 5.76. The Hall–Kier alpha value is -1.06. The van der Waals surface area contributed by atoms with Crippen molar-refractivity contribution in [2.45, 2.75) is 26.3 Å². The van der Waals surface area contributed by atoms with Gasteiger partial charge < -0.3 is 10.8 Å². The van der Waals surface area contributed by atoms with Gasteiger partial charge in [-0.15, -0.1) is 0 Å². The van der Waals surface area contributed by atoms with Crippen molar-refractivity contribution in [3.8, 4) is 0 Å². The van der Waals surface area contributed by atoms with E-state index in [0.29, 0.717) is 11.4 Å². The molecule has 0 aliphatic heterocycles. The number of hydrogen-bond donors (Lipinski definition) is 2.